The average Bonchev–Trinajstić information content (AvgIpc) is 3.16. The Bertz CT molecular complexity index is 678. The van der Waals surface area contributed by atoms with E-state index >= 15 is 0 Å². The Labute approximate surface area is 136 Å². The van der Waals surface area contributed by atoms with Crippen LogP contribution in [-0.4, -0.2) is 51.3 Å². The van der Waals surface area contributed by atoms with Crippen LogP contribution in [0.25, 0.3) is 0 Å². The number of hydrogen-bond donors (Lipinski definition) is 2. The molecular formula is C15H17F3N4O2. The minimum atomic E-state index is -4.36. The Morgan fingerprint density at radius 2 is 2.21 bits per heavy atom. The van der Waals surface area contributed by atoms with Crippen LogP contribution in [0.15, 0.2) is 30.5 Å². The molecule has 1 fully saturated rings. The highest BCUT2D eigenvalue weighted by atomic mass is 19.4. The van der Waals surface area contributed by atoms with Crippen molar-refractivity contribution < 1.29 is 23.0 Å². The number of nitrogens with zero attached hydrogens (tertiary/aromatic N) is 3. The summed E-state index contributed by atoms with van der Waals surface area (Å²) in [5.74, 6) is 0.177. The molecular weight excluding hydrogens is 325 g/mol. The fourth-order valence-electron chi connectivity index (χ4n) is 2.80. The summed E-state index contributed by atoms with van der Waals surface area (Å²) in [5.41, 5.74) is 0.253. The summed E-state index contributed by atoms with van der Waals surface area (Å²) in [6.45, 7) is 0.222. The highest BCUT2D eigenvalue weighted by molar-refractivity contribution is 5.28. The van der Waals surface area contributed by atoms with E-state index in [2.05, 4.69) is 15.4 Å². The second-order valence-corrected chi connectivity index (χ2v) is 5.90. The number of ether oxygens (including phenoxy) is 1. The lowest BCUT2D eigenvalue weighted by Gasteiger charge is -2.21. The van der Waals surface area contributed by atoms with Gasteiger partial charge < -0.3 is 9.84 Å². The number of likely N-dealkylation sites (tertiary alicyclic amines) is 1. The van der Waals surface area contributed by atoms with Gasteiger partial charge in [0.2, 0.25) is 0 Å². The van der Waals surface area contributed by atoms with E-state index in [0.717, 1.165) is 5.56 Å². The van der Waals surface area contributed by atoms with Gasteiger partial charge in [-0.05, 0) is 24.1 Å². The van der Waals surface area contributed by atoms with Gasteiger partial charge in [-0.25, -0.2) is 0 Å². The number of halogens is 3. The molecule has 24 heavy (non-hydrogen) atoms. The molecule has 130 valence electrons. The summed E-state index contributed by atoms with van der Waals surface area (Å²) in [4.78, 5) is 2.01. The fraction of sp³-hybridized carbons (Fsp3) is 0.467. The number of aromatic nitrogens is 3. The molecule has 6 nitrogen and oxygen atoms in total. The standard InChI is InChI=1S/C15H17F3N4O2/c16-15(17,18)10-24-12-3-1-2-11(6-12)8-22-5-4-14(23,9-22)13-7-19-21-20-13/h1-3,6-7,23H,4-5,8-10H2,(H,19,20,21)/t14-/m1/s1. The molecule has 3 rings (SSSR count). The van der Waals surface area contributed by atoms with Crippen molar-refractivity contribution in [3.63, 3.8) is 0 Å². The molecule has 0 saturated carbocycles. The van der Waals surface area contributed by atoms with Crippen molar-refractivity contribution in [2.24, 2.45) is 0 Å². The lowest BCUT2D eigenvalue weighted by atomic mass is 10.00. The zero-order valence-electron chi connectivity index (χ0n) is 12.8. The van der Waals surface area contributed by atoms with Crippen LogP contribution in [0.3, 0.4) is 0 Å². The minimum absolute atomic E-state index is 0.177. The van der Waals surface area contributed by atoms with Crippen LogP contribution in [0, 0.1) is 0 Å². The predicted molar refractivity (Wildman–Crippen MR) is 78.2 cm³/mol. The Balaban J connectivity index is 1.61. The van der Waals surface area contributed by atoms with Crippen molar-refractivity contribution in [2.45, 2.75) is 24.7 Å². The molecule has 2 N–H and O–H groups in total. The van der Waals surface area contributed by atoms with Gasteiger partial charge >= 0.3 is 6.18 Å². The second-order valence-electron chi connectivity index (χ2n) is 5.90. The third kappa shape index (κ3) is 4.04. The molecule has 0 amide bonds. The zero-order chi connectivity index (χ0) is 17.2. The molecule has 2 heterocycles. The topological polar surface area (TPSA) is 74.3 Å². The van der Waals surface area contributed by atoms with E-state index in [1.807, 2.05) is 11.0 Å². The van der Waals surface area contributed by atoms with Crippen LogP contribution < -0.4 is 4.74 Å². The molecule has 0 spiro atoms. The van der Waals surface area contributed by atoms with Crippen molar-refractivity contribution in [2.75, 3.05) is 19.7 Å². The summed E-state index contributed by atoms with van der Waals surface area (Å²) in [6, 6.07) is 6.54. The van der Waals surface area contributed by atoms with Gasteiger partial charge in [0.15, 0.2) is 6.61 Å². The highest BCUT2D eigenvalue weighted by Gasteiger charge is 2.39. The molecule has 0 bridgehead atoms. The summed E-state index contributed by atoms with van der Waals surface area (Å²) in [5, 5.41) is 20.7. The first-order chi connectivity index (χ1) is 11.3. The summed E-state index contributed by atoms with van der Waals surface area (Å²) in [6.07, 6.45) is -2.35. The van der Waals surface area contributed by atoms with Gasteiger partial charge in [0.05, 0.1) is 6.20 Å². The van der Waals surface area contributed by atoms with Crippen molar-refractivity contribution in [1.29, 1.82) is 0 Å². The van der Waals surface area contributed by atoms with Crippen LogP contribution in [-0.2, 0) is 12.1 Å². The Hall–Kier alpha value is -2.13. The van der Waals surface area contributed by atoms with E-state index in [-0.39, 0.29) is 5.75 Å². The van der Waals surface area contributed by atoms with Gasteiger partial charge in [-0.2, -0.15) is 28.6 Å². The van der Waals surface area contributed by atoms with Gasteiger partial charge in [-0.15, -0.1) is 0 Å². The highest BCUT2D eigenvalue weighted by Crippen LogP contribution is 2.31. The van der Waals surface area contributed by atoms with Crippen LogP contribution in [0.2, 0.25) is 0 Å². The Kier molecular flexibility index (Phi) is 4.46. The zero-order valence-corrected chi connectivity index (χ0v) is 12.8. The normalized spacial score (nSPS) is 22.0. The largest absolute Gasteiger partial charge is 0.484 e. The SMILES string of the molecule is O[C@]1(c2cn[nH]n2)CCN(Cc2cccc(OCC(F)(F)F)c2)C1. The number of hydrogen-bond acceptors (Lipinski definition) is 5. The van der Waals surface area contributed by atoms with Crippen LogP contribution in [0.5, 0.6) is 5.75 Å². The predicted octanol–water partition coefficient (Wildman–Crippen LogP) is 1.84. The van der Waals surface area contributed by atoms with Gasteiger partial charge in [0, 0.05) is 19.6 Å². The van der Waals surface area contributed by atoms with E-state index in [0.29, 0.717) is 31.7 Å². The number of rotatable bonds is 5. The Morgan fingerprint density at radius 1 is 1.38 bits per heavy atom. The van der Waals surface area contributed by atoms with Crippen molar-refractivity contribution in [3.05, 3.63) is 41.7 Å². The third-order valence-electron chi connectivity index (χ3n) is 3.93. The maximum atomic E-state index is 12.2. The van der Waals surface area contributed by atoms with Crippen LogP contribution >= 0.6 is 0 Å². The van der Waals surface area contributed by atoms with Crippen LogP contribution in [0.1, 0.15) is 17.7 Å². The maximum Gasteiger partial charge on any atom is 0.422 e. The number of aromatic amines is 1. The summed E-state index contributed by atoms with van der Waals surface area (Å²) < 4.78 is 41.4. The van der Waals surface area contributed by atoms with E-state index in [1.165, 1.54) is 12.3 Å². The van der Waals surface area contributed by atoms with Gasteiger partial charge in [0.1, 0.15) is 17.0 Å². The van der Waals surface area contributed by atoms with Gasteiger partial charge in [0.25, 0.3) is 0 Å². The van der Waals surface area contributed by atoms with Crippen molar-refractivity contribution in [3.8, 4) is 5.75 Å². The lowest BCUT2D eigenvalue weighted by Crippen LogP contribution is -2.31. The number of alkyl halides is 3. The number of H-pyrrole nitrogens is 1. The first-order valence-corrected chi connectivity index (χ1v) is 7.44. The van der Waals surface area contributed by atoms with E-state index in [9.17, 15) is 18.3 Å². The monoisotopic (exact) mass is 342 g/mol. The number of β-amino-alcohol motifs (C(OH)–C–C–N with tert-alkyl or cyclic N) is 1. The summed E-state index contributed by atoms with van der Waals surface area (Å²) >= 11 is 0. The molecule has 2 aromatic rings. The molecule has 0 aliphatic carbocycles. The third-order valence-corrected chi connectivity index (χ3v) is 3.93. The smallest absolute Gasteiger partial charge is 0.422 e. The van der Waals surface area contributed by atoms with E-state index in [4.69, 9.17) is 4.74 Å². The molecule has 1 aromatic carbocycles. The molecule has 1 saturated heterocycles. The molecule has 0 unspecified atom stereocenters. The van der Waals surface area contributed by atoms with Gasteiger partial charge in [-0.1, -0.05) is 12.1 Å². The number of benzene rings is 1. The molecule has 0 radical (unpaired) electrons. The van der Waals surface area contributed by atoms with E-state index < -0.39 is 18.4 Å². The van der Waals surface area contributed by atoms with E-state index in [1.54, 1.807) is 12.1 Å². The molecule has 1 aliphatic heterocycles. The quantitative estimate of drug-likeness (QED) is 0.867. The maximum absolute atomic E-state index is 12.2. The molecule has 1 atom stereocenters. The first-order valence-electron chi connectivity index (χ1n) is 7.44. The number of aliphatic hydroxyl groups is 1. The van der Waals surface area contributed by atoms with Crippen molar-refractivity contribution in [1.82, 2.24) is 20.3 Å². The Morgan fingerprint density at radius 3 is 2.92 bits per heavy atom. The molecule has 9 heteroatoms. The van der Waals surface area contributed by atoms with Crippen LogP contribution in [0.4, 0.5) is 13.2 Å². The second kappa shape index (κ2) is 6.40. The fourth-order valence-corrected chi connectivity index (χ4v) is 2.80. The lowest BCUT2D eigenvalue weighted by molar-refractivity contribution is -0.153. The first kappa shape index (κ1) is 16.7. The average molecular weight is 342 g/mol. The number of nitrogens with one attached hydrogen (secondary N) is 1. The molecule has 1 aliphatic rings. The molecule has 1 aromatic heterocycles. The van der Waals surface area contributed by atoms with Crippen molar-refractivity contribution >= 4 is 0 Å². The minimum Gasteiger partial charge on any atom is -0.484 e. The summed E-state index contributed by atoms with van der Waals surface area (Å²) in [7, 11) is 0. The van der Waals surface area contributed by atoms with Gasteiger partial charge in [-0.3, -0.25) is 4.90 Å².